The molecule has 1 aromatic rings. The van der Waals surface area contributed by atoms with Crippen molar-refractivity contribution in [2.75, 3.05) is 31.7 Å². The second-order valence-corrected chi connectivity index (χ2v) is 5.65. The molecule has 0 bridgehead atoms. The molecule has 0 radical (unpaired) electrons. The van der Waals surface area contributed by atoms with Gasteiger partial charge in [0.15, 0.2) is 0 Å². The first kappa shape index (κ1) is 21.0. The average Bonchev–Trinajstić information content (AvgIpc) is 2.64. The lowest BCUT2D eigenvalue weighted by atomic mass is 10.3. The first-order chi connectivity index (χ1) is 12.2. The number of amides is 2. The molecule has 0 aliphatic heterocycles. The molecule has 1 rings (SSSR count). The third-order valence-corrected chi connectivity index (χ3v) is 3.52. The molecular weight excluding hydrogens is 320 g/mol. The van der Waals surface area contributed by atoms with Crippen LogP contribution in [0.4, 0.5) is 5.69 Å². The fraction of sp³-hybridized carbons (Fsp3) is 0.579. The SMILES string of the molecule is CCC(=O)NCCCCOCCCOc1ccc(NC(=O)CC)cc1. The van der Waals surface area contributed by atoms with Crippen molar-refractivity contribution in [2.24, 2.45) is 0 Å². The highest BCUT2D eigenvalue weighted by Gasteiger charge is 2.00. The van der Waals surface area contributed by atoms with E-state index in [1.807, 2.05) is 38.1 Å². The van der Waals surface area contributed by atoms with E-state index in [0.717, 1.165) is 30.7 Å². The minimum atomic E-state index is -0.00133. The van der Waals surface area contributed by atoms with Gasteiger partial charge in [0.2, 0.25) is 11.8 Å². The van der Waals surface area contributed by atoms with Crippen LogP contribution in [0.2, 0.25) is 0 Å². The van der Waals surface area contributed by atoms with Gasteiger partial charge in [-0.2, -0.15) is 0 Å². The van der Waals surface area contributed by atoms with E-state index in [0.29, 0.717) is 39.2 Å². The summed E-state index contributed by atoms with van der Waals surface area (Å²) in [6, 6.07) is 7.35. The van der Waals surface area contributed by atoms with Crippen LogP contribution in [0.25, 0.3) is 0 Å². The van der Waals surface area contributed by atoms with Gasteiger partial charge in [-0.25, -0.2) is 0 Å². The van der Waals surface area contributed by atoms with Gasteiger partial charge in [-0.1, -0.05) is 13.8 Å². The third-order valence-electron chi connectivity index (χ3n) is 3.52. The van der Waals surface area contributed by atoms with Crippen LogP contribution in [0.15, 0.2) is 24.3 Å². The summed E-state index contributed by atoms with van der Waals surface area (Å²) in [7, 11) is 0. The number of rotatable bonds is 13. The van der Waals surface area contributed by atoms with Crippen molar-refractivity contribution in [1.29, 1.82) is 0 Å². The maximum absolute atomic E-state index is 11.3. The number of carbonyl (C=O) groups excluding carboxylic acids is 2. The number of nitrogens with one attached hydrogen (secondary N) is 2. The summed E-state index contributed by atoms with van der Waals surface area (Å²) >= 11 is 0. The summed E-state index contributed by atoms with van der Waals surface area (Å²) in [5.41, 5.74) is 0.776. The number of unbranched alkanes of at least 4 members (excludes halogenated alkanes) is 1. The van der Waals surface area contributed by atoms with Gasteiger partial charge in [-0.15, -0.1) is 0 Å². The standard InChI is InChI=1S/C19H30N2O4/c1-3-18(22)20-12-5-6-13-24-14-7-15-25-17-10-8-16(9-11-17)21-19(23)4-2/h8-11H,3-7,12-15H2,1-2H3,(H,20,22)(H,21,23). The molecule has 1 aromatic carbocycles. The van der Waals surface area contributed by atoms with E-state index in [2.05, 4.69) is 10.6 Å². The zero-order valence-corrected chi connectivity index (χ0v) is 15.3. The second kappa shape index (κ2) is 13.2. The van der Waals surface area contributed by atoms with Crippen molar-refractivity contribution < 1.29 is 19.1 Å². The molecule has 2 N–H and O–H groups in total. The Morgan fingerprint density at radius 3 is 2.24 bits per heavy atom. The number of hydrogen-bond donors (Lipinski definition) is 2. The lowest BCUT2D eigenvalue weighted by Crippen LogP contribution is -2.23. The zero-order valence-electron chi connectivity index (χ0n) is 15.3. The van der Waals surface area contributed by atoms with Crippen molar-refractivity contribution in [1.82, 2.24) is 5.32 Å². The summed E-state index contributed by atoms with van der Waals surface area (Å²) in [6.07, 6.45) is 3.69. The van der Waals surface area contributed by atoms with Gasteiger partial charge in [0.05, 0.1) is 6.61 Å². The Bertz CT molecular complexity index is 503. The molecule has 0 aliphatic carbocycles. The summed E-state index contributed by atoms with van der Waals surface area (Å²) in [5.74, 6) is 0.874. The minimum Gasteiger partial charge on any atom is -0.494 e. The monoisotopic (exact) mass is 350 g/mol. The van der Waals surface area contributed by atoms with Crippen LogP contribution in [-0.4, -0.2) is 38.2 Å². The van der Waals surface area contributed by atoms with E-state index in [9.17, 15) is 9.59 Å². The third kappa shape index (κ3) is 10.4. The van der Waals surface area contributed by atoms with Gasteiger partial charge in [-0.3, -0.25) is 9.59 Å². The van der Waals surface area contributed by atoms with E-state index in [-0.39, 0.29) is 11.8 Å². The number of carbonyl (C=O) groups is 2. The number of hydrogen-bond acceptors (Lipinski definition) is 4. The van der Waals surface area contributed by atoms with Gasteiger partial charge < -0.3 is 20.1 Å². The van der Waals surface area contributed by atoms with Gasteiger partial charge in [-0.05, 0) is 37.1 Å². The van der Waals surface area contributed by atoms with E-state index in [4.69, 9.17) is 9.47 Å². The molecule has 6 heteroatoms. The molecule has 0 saturated heterocycles. The summed E-state index contributed by atoms with van der Waals surface area (Å²) < 4.78 is 11.2. The Hall–Kier alpha value is -2.08. The Morgan fingerprint density at radius 2 is 1.56 bits per heavy atom. The van der Waals surface area contributed by atoms with Crippen LogP contribution in [0.3, 0.4) is 0 Å². The fourth-order valence-electron chi connectivity index (χ4n) is 2.02. The van der Waals surface area contributed by atoms with Crippen molar-refractivity contribution in [3.05, 3.63) is 24.3 Å². The topological polar surface area (TPSA) is 76.7 Å². The van der Waals surface area contributed by atoms with E-state index >= 15 is 0 Å². The fourth-order valence-corrected chi connectivity index (χ4v) is 2.02. The van der Waals surface area contributed by atoms with Crippen LogP contribution >= 0.6 is 0 Å². The normalized spacial score (nSPS) is 10.3. The van der Waals surface area contributed by atoms with Crippen LogP contribution in [0, 0.1) is 0 Å². The molecule has 140 valence electrons. The smallest absolute Gasteiger partial charge is 0.224 e. The highest BCUT2D eigenvalue weighted by atomic mass is 16.5. The van der Waals surface area contributed by atoms with Crippen molar-refractivity contribution in [2.45, 2.75) is 46.0 Å². The molecule has 0 heterocycles. The maximum Gasteiger partial charge on any atom is 0.224 e. The number of anilines is 1. The van der Waals surface area contributed by atoms with Crippen LogP contribution in [-0.2, 0) is 14.3 Å². The first-order valence-electron chi connectivity index (χ1n) is 9.02. The Kier molecular flexibility index (Phi) is 11.1. The van der Waals surface area contributed by atoms with Gasteiger partial charge in [0.25, 0.3) is 0 Å². The molecule has 0 unspecified atom stereocenters. The van der Waals surface area contributed by atoms with Crippen LogP contribution in [0.1, 0.15) is 46.0 Å². The summed E-state index contributed by atoms with van der Waals surface area (Å²) in [6.45, 7) is 6.33. The van der Waals surface area contributed by atoms with Crippen LogP contribution in [0.5, 0.6) is 5.75 Å². The molecular formula is C19H30N2O4. The van der Waals surface area contributed by atoms with Crippen molar-refractivity contribution in [3.63, 3.8) is 0 Å². The van der Waals surface area contributed by atoms with E-state index in [1.165, 1.54) is 0 Å². The minimum absolute atomic E-state index is 0.00133. The van der Waals surface area contributed by atoms with Gasteiger partial charge in [0.1, 0.15) is 5.75 Å². The zero-order chi connectivity index (χ0) is 18.3. The molecule has 2 amide bonds. The molecule has 0 fully saturated rings. The average molecular weight is 350 g/mol. The highest BCUT2D eigenvalue weighted by molar-refractivity contribution is 5.90. The molecule has 6 nitrogen and oxygen atoms in total. The summed E-state index contributed by atoms with van der Waals surface area (Å²) in [5, 5.41) is 5.64. The Labute approximate surface area is 150 Å². The molecule has 25 heavy (non-hydrogen) atoms. The quantitative estimate of drug-likeness (QED) is 0.536. The molecule has 0 spiro atoms. The van der Waals surface area contributed by atoms with Gasteiger partial charge >= 0.3 is 0 Å². The first-order valence-corrected chi connectivity index (χ1v) is 9.02. The largest absolute Gasteiger partial charge is 0.494 e. The summed E-state index contributed by atoms with van der Waals surface area (Å²) in [4.78, 5) is 22.3. The van der Waals surface area contributed by atoms with Crippen LogP contribution < -0.4 is 15.4 Å². The van der Waals surface area contributed by atoms with Gasteiger partial charge in [0, 0.05) is 44.7 Å². The Morgan fingerprint density at radius 1 is 0.880 bits per heavy atom. The van der Waals surface area contributed by atoms with E-state index < -0.39 is 0 Å². The predicted octanol–water partition coefficient (Wildman–Crippen LogP) is 3.13. The maximum atomic E-state index is 11.3. The van der Waals surface area contributed by atoms with Crippen molar-refractivity contribution in [3.8, 4) is 5.75 Å². The Balaban J connectivity index is 1.99. The highest BCUT2D eigenvalue weighted by Crippen LogP contribution is 2.16. The lowest BCUT2D eigenvalue weighted by Gasteiger charge is -2.08. The molecule has 0 saturated carbocycles. The molecule has 0 atom stereocenters. The second-order valence-electron chi connectivity index (χ2n) is 5.65. The lowest BCUT2D eigenvalue weighted by molar-refractivity contribution is -0.120. The predicted molar refractivity (Wildman–Crippen MR) is 98.8 cm³/mol. The molecule has 0 aromatic heterocycles. The molecule has 0 aliphatic rings. The number of benzene rings is 1. The van der Waals surface area contributed by atoms with E-state index in [1.54, 1.807) is 0 Å². The number of ether oxygens (including phenoxy) is 2. The van der Waals surface area contributed by atoms with Crippen molar-refractivity contribution >= 4 is 17.5 Å².